The Morgan fingerprint density at radius 3 is 2.69 bits per heavy atom. The lowest BCUT2D eigenvalue weighted by molar-refractivity contribution is -0.113. The summed E-state index contributed by atoms with van der Waals surface area (Å²) in [5.74, 6) is 1.34. The predicted molar refractivity (Wildman–Crippen MR) is 110 cm³/mol. The largest absolute Gasteiger partial charge is 0.380 e. The Labute approximate surface area is 159 Å². The molecule has 5 heteroatoms. The highest BCUT2D eigenvalue weighted by atomic mass is 32.2. The van der Waals surface area contributed by atoms with Crippen LogP contribution < -0.4 is 10.2 Å². The molecule has 26 heavy (non-hydrogen) atoms. The van der Waals surface area contributed by atoms with Crippen molar-refractivity contribution in [3.8, 4) is 0 Å². The summed E-state index contributed by atoms with van der Waals surface area (Å²) in [7, 11) is 1.78. The number of amides is 1. The number of nitrogens with one attached hydrogen (secondary N) is 1. The first-order valence-electron chi connectivity index (χ1n) is 9.04. The average molecular weight is 371 g/mol. The number of hydrogen-bond acceptors (Lipinski definition) is 4. The molecule has 1 aliphatic heterocycles. The van der Waals surface area contributed by atoms with Gasteiger partial charge < -0.3 is 15.0 Å². The lowest BCUT2D eigenvalue weighted by atomic mass is 10.1. The first-order chi connectivity index (χ1) is 12.7. The molecule has 2 aromatic carbocycles. The number of carbonyl (C=O) groups excluding carboxylic acids is 1. The number of nitrogens with zero attached hydrogens (tertiary/aromatic N) is 1. The van der Waals surface area contributed by atoms with Crippen LogP contribution in [-0.2, 0) is 15.3 Å². The number of piperidine rings is 1. The maximum atomic E-state index is 12.1. The van der Waals surface area contributed by atoms with Crippen LogP contribution in [0.3, 0.4) is 0 Å². The van der Waals surface area contributed by atoms with Gasteiger partial charge in [-0.15, -0.1) is 11.8 Å². The Bertz CT molecular complexity index is 691. The van der Waals surface area contributed by atoms with Crippen molar-refractivity contribution in [2.45, 2.75) is 24.7 Å². The highest BCUT2D eigenvalue weighted by Gasteiger charge is 2.19. The third kappa shape index (κ3) is 5.51. The van der Waals surface area contributed by atoms with E-state index in [2.05, 4.69) is 34.5 Å². The summed E-state index contributed by atoms with van der Waals surface area (Å²) >= 11 is 1.63. The van der Waals surface area contributed by atoms with Gasteiger partial charge >= 0.3 is 0 Å². The quantitative estimate of drug-likeness (QED) is 0.794. The van der Waals surface area contributed by atoms with E-state index in [0.717, 1.165) is 37.4 Å². The Balaban J connectivity index is 1.45. The van der Waals surface area contributed by atoms with Gasteiger partial charge in [0, 0.05) is 37.3 Å². The molecule has 2 aromatic rings. The topological polar surface area (TPSA) is 41.6 Å². The van der Waals surface area contributed by atoms with E-state index in [1.807, 2.05) is 30.3 Å². The number of ether oxygens (including phenoxy) is 1. The summed E-state index contributed by atoms with van der Waals surface area (Å²) in [4.78, 5) is 14.5. The standard InChI is InChI=1S/C21H26N2O2S/c1-25-20-8-5-13-23(14-20)19-11-9-18(10-12-19)22-21(24)16-26-15-17-6-3-2-4-7-17/h2-4,6-7,9-12,20H,5,8,13-16H2,1H3,(H,22,24)/t20-/m1/s1. The minimum atomic E-state index is 0.0381. The van der Waals surface area contributed by atoms with Crippen molar-refractivity contribution in [2.24, 2.45) is 0 Å². The fourth-order valence-electron chi connectivity index (χ4n) is 3.15. The Morgan fingerprint density at radius 2 is 1.96 bits per heavy atom. The van der Waals surface area contributed by atoms with Gasteiger partial charge in [0.05, 0.1) is 11.9 Å². The second kappa shape index (κ2) is 9.64. The van der Waals surface area contributed by atoms with Crippen molar-refractivity contribution in [3.63, 3.8) is 0 Å². The highest BCUT2D eigenvalue weighted by Crippen LogP contribution is 2.23. The lowest BCUT2D eigenvalue weighted by Gasteiger charge is -2.33. The molecule has 0 radical (unpaired) electrons. The molecular weight excluding hydrogens is 344 g/mol. The zero-order valence-corrected chi connectivity index (χ0v) is 16.0. The number of methoxy groups -OCH3 is 1. The maximum Gasteiger partial charge on any atom is 0.234 e. The third-order valence-electron chi connectivity index (χ3n) is 4.57. The van der Waals surface area contributed by atoms with Gasteiger partial charge in [-0.3, -0.25) is 4.79 Å². The number of carbonyl (C=O) groups is 1. The Hall–Kier alpha value is -1.98. The van der Waals surface area contributed by atoms with Gasteiger partial charge in [-0.1, -0.05) is 30.3 Å². The maximum absolute atomic E-state index is 12.1. The summed E-state index contributed by atoms with van der Waals surface area (Å²) in [5.41, 5.74) is 3.27. The number of thioether (sulfide) groups is 1. The number of anilines is 2. The number of benzene rings is 2. The Morgan fingerprint density at radius 1 is 1.19 bits per heavy atom. The minimum absolute atomic E-state index is 0.0381. The third-order valence-corrected chi connectivity index (χ3v) is 5.58. The molecule has 4 nitrogen and oxygen atoms in total. The van der Waals surface area contributed by atoms with Crippen LogP contribution in [-0.4, -0.2) is 38.0 Å². The van der Waals surface area contributed by atoms with Gasteiger partial charge in [-0.25, -0.2) is 0 Å². The number of hydrogen-bond donors (Lipinski definition) is 1. The summed E-state index contributed by atoms with van der Waals surface area (Å²) < 4.78 is 5.49. The molecule has 0 bridgehead atoms. The number of rotatable bonds is 7. The van der Waals surface area contributed by atoms with Crippen LogP contribution in [0.1, 0.15) is 18.4 Å². The van der Waals surface area contributed by atoms with Gasteiger partial charge in [0.25, 0.3) is 0 Å². The van der Waals surface area contributed by atoms with Crippen LogP contribution >= 0.6 is 11.8 Å². The summed E-state index contributed by atoms with van der Waals surface area (Å²) in [6, 6.07) is 18.3. The van der Waals surface area contributed by atoms with Gasteiger partial charge in [0.1, 0.15) is 0 Å². The van der Waals surface area contributed by atoms with E-state index in [1.165, 1.54) is 11.3 Å². The molecule has 1 heterocycles. The minimum Gasteiger partial charge on any atom is -0.380 e. The lowest BCUT2D eigenvalue weighted by Crippen LogP contribution is -2.39. The van der Waals surface area contributed by atoms with Crippen molar-refractivity contribution in [1.29, 1.82) is 0 Å². The van der Waals surface area contributed by atoms with Crippen LogP contribution in [0.25, 0.3) is 0 Å². The van der Waals surface area contributed by atoms with Crippen molar-refractivity contribution in [1.82, 2.24) is 0 Å². The molecule has 138 valence electrons. The molecule has 1 saturated heterocycles. The van der Waals surface area contributed by atoms with Crippen LogP contribution in [0.4, 0.5) is 11.4 Å². The molecule has 0 aromatic heterocycles. The molecule has 0 aliphatic carbocycles. The Kier molecular flexibility index (Phi) is 6.97. The SMILES string of the molecule is CO[C@@H]1CCCN(c2ccc(NC(=O)CSCc3ccccc3)cc2)C1. The fourth-order valence-corrected chi connectivity index (χ4v) is 3.94. The molecule has 1 fully saturated rings. The molecule has 3 rings (SSSR count). The zero-order chi connectivity index (χ0) is 18.2. The zero-order valence-electron chi connectivity index (χ0n) is 15.2. The van der Waals surface area contributed by atoms with Crippen molar-refractivity contribution >= 4 is 29.0 Å². The summed E-state index contributed by atoms with van der Waals surface area (Å²) in [5, 5.41) is 2.98. The van der Waals surface area contributed by atoms with Gasteiger partial charge in [-0.2, -0.15) is 0 Å². The molecule has 1 N–H and O–H groups in total. The van der Waals surface area contributed by atoms with E-state index in [0.29, 0.717) is 11.9 Å². The van der Waals surface area contributed by atoms with Crippen LogP contribution in [0.5, 0.6) is 0 Å². The van der Waals surface area contributed by atoms with Gasteiger partial charge in [0.2, 0.25) is 5.91 Å². The fraction of sp³-hybridized carbons (Fsp3) is 0.381. The normalized spacial score (nSPS) is 17.1. The van der Waals surface area contributed by atoms with E-state index < -0.39 is 0 Å². The molecule has 0 unspecified atom stereocenters. The van der Waals surface area contributed by atoms with E-state index in [4.69, 9.17) is 4.74 Å². The van der Waals surface area contributed by atoms with Crippen molar-refractivity contribution in [3.05, 3.63) is 60.2 Å². The van der Waals surface area contributed by atoms with Crippen molar-refractivity contribution in [2.75, 3.05) is 36.2 Å². The van der Waals surface area contributed by atoms with E-state index in [-0.39, 0.29) is 5.91 Å². The second-order valence-corrected chi connectivity index (χ2v) is 7.51. The molecular formula is C21H26N2O2S. The van der Waals surface area contributed by atoms with Gasteiger partial charge in [-0.05, 0) is 42.7 Å². The monoisotopic (exact) mass is 370 g/mol. The summed E-state index contributed by atoms with van der Waals surface area (Å²) in [6.45, 7) is 1.99. The predicted octanol–water partition coefficient (Wildman–Crippen LogP) is 4.17. The summed E-state index contributed by atoms with van der Waals surface area (Å²) in [6.07, 6.45) is 2.59. The van der Waals surface area contributed by atoms with E-state index in [9.17, 15) is 4.79 Å². The highest BCUT2D eigenvalue weighted by molar-refractivity contribution is 7.99. The smallest absolute Gasteiger partial charge is 0.234 e. The van der Waals surface area contributed by atoms with Crippen molar-refractivity contribution < 1.29 is 9.53 Å². The molecule has 0 spiro atoms. The second-order valence-electron chi connectivity index (χ2n) is 6.52. The van der Waals surface area contributed by atoms with E-state index >= 15 is 0 Å². The van der Waals surface area contributed by atoms with Crippen LogP contribution in [0.2, 0.25) is 0 Å². The van der Waals surface area contributed by atoms with Crippen LogP contribution in [0.15, 0.2) is 54.6 Å². The van der Waals surface area contributed by atoms with E-state index in [1.54, 1.807) is 18.9 Å². The molecule has 1 atom stereocenters. The average Bonchev–Trinajstić information content (AvgIpc) is 2.69. The molecule has 0 saturated carbocycles. The molecule has 1 aliphatic rings. The van der Waals surface area contributed by atoms with Crippen LogP contribution in [0, 0.1) is 0 Å². The molecule has 1 amide bonds. The van der Waals surface area contributed by atoms with Gasteiger partial charge in [0.15, 0.2) is 0 Å². The first-order valence-corrected chi connectivity index (χ1v) is 10.2. The first kappa shape index (κ1) is 18.8.